The number of hydroxylamine groups is 4. The number of hydrogen-bond acceptors (Lipinski definition) is 12. The summed E-state index contributed by atoms with van der Waals surface area (Å²) in [6.45, 7) is 4.25. The van der Waals surface area contributed by atoms with Crippen LogP contribution in [-0.2, 0) is 57.6 Å². The fourth-order valence-electron chi connectivity index (χ4n) is 3.91. The molecule has 0 aromatic carbocycles. The van der Waals surface area contributed by atoms with Crippen molar-refractivity contribution < 1.29 is 57.6 Å². The zero-order valence-corrected chi connectivity index (χ0v) is 22.4. The van der Waals surface area contributed by atoms with Gasteiger partial charge in [0.05, 0.1) is 12.8 Å². The van der Waals surface area contributed by atoms with E-state index in [1.54, 1.807) is 6.92 Å². The second-order valence-corrected chi connectivity index (χ2v) is 9.38. The summed E-state index contributed by atoms with van der Waals surface area (Å²) in [5.41, 5.74) is 0.598. The van der Waals surface area contributed by atoms with Gasteiger partial charge in [0.1, 0.15) is 0 Å². The van der Waals surface area contributed by atoms with Gasteiger partial charge in [0.25, 0.3) is 47.3 Å². The number of amides is 8. The van der Waals surface area contributed by atoms with Crippen LogP contribution in [-0.4, -0.2) is 92.2 Å². The minimum atomic E-state index is -0.851. The van der Waals surface area contributed by atoms with Crippen LogP contribution in [0, 0.1) is 5.92 Å². The molecule has 0 aliphatic carbocycles. The molecule has 218 valence electrons. The van der Waals surface area contributed by atoms with E-state index in [-0.39, 0.29) is 45.2 Å². The summed E-state index contributed by atoms with van der Waals surface area (Å²) in [6, 6.07) is 0. The second kappa shape index (κ2) is 12.4. The minimum Gasteiger partial charge on any atom is -0.330 e. The van der Waals surface area contributed by atoms with E-state index in [0.29, 0.717) is 21.3 Å². The summed E-state index contributed by atoms with van der Waals surface area (Å²) in [7, 11) is 0. The topological polar surface area (TPSA) is 202 Å². The van der Waals surface area contributed by atoms with Crippen LogP contribution in [0.4, 0.5) is 0 Å². The lowest BCUT2D eigenvalue weighted by Gasteiger charge is -2.16. The summed E-state index contributed by atoms with van der Waals surface area (Å²) in [4.78, 5) is 126. The Morgan fingerprint density at radius 1 is 0.707 bits per heavy atom. The van der Waals surface area contributed by atoms with Crippen molar-refractivity contribution in [3.05, 3.63) is 23.3 Å². The zero-order valence-electron chi connectivity index (χ0n) is 22.4. The molecule has 8 amide bonds. The van der Waals surface area contributed by atoms with Crippen LogP contribution >= 0.6 is 0 Å². The summed E-state index contributed by atoms with van der Waals surface area (Å²) >= 11 is 0. The molecule has 4 heterocycles. The lowest BCUT2D eigenvalue weighted by atomic mass is 10.1. The van der Waals surface area contributed by atoms with Gasteiger partial charge >= 0.3 is 11.9 Å². The highest BCUT2D eigenvalue weighted by atomic mass is 16.7. The Labute approximate surface area is 232 Å². The predicted octanol–water partition coefficient (Wildman–Crippen LogP) is -1.16. The van der Waals surface area contributed by atoms with Crippen LogP contribution in [0.5, 0.6) is 0 Å². The highest BCUT2D eigenvalue weighted by Gasteiger charge is 2.39. The highest BCUT2D eigenvalue weighted by Crippen LogP contribution is 2.20. The van der Waals surface area contributed by atoms with E-state index in [0.717, 1.165) is 9.80 Å². The van der Waals surface area contributed by atoms with Crippen molar-refractivity contribution in [2.75, 3.05) is 13.1 Å². The van der Waals surface area contributed by atoms with E-state index in [9.17, 15) is 47.9 Å². The largest absolute Gasteiger partial charge is 0.335 e. The highest BCUT2D eigenvalue weighted by molar-refractivity contribution is 6.16. The molecule has 0 aromatic rings. The fourth-order valence-corrected chi connectivity index (χ4v) is 3.91. The molecule has 0 saturated carbocycles. The number of imide groups is 4. The lowest BCUT2D eigenvalue weighted by molar-refractivity contribution is -0.198. The number of rotatable bonds is 8. The Bertz CT molecular complexity index is 1310. The molecule has 2 fully saturated rings. The van der Waals surface area contributed by atoms with E-state index in [1.165, 1.54) is 26.0 Å². The van der Waals surface area contributed by atoms with E-state index < -0.39 is 65.1 Å². The normalized spacial score (nSPS) is 20.6. The Morgan fingerprint density at radius 3 is 1.46 bits per heavy atom. The molecule has 0 radical (unpaired) electrons. The number of carbonyl (C=O) groups is 10. The Kier molecular flexibility index (Phi) is 9.26. The van der Waals surface area contributed by atoms with Crippen LogP contribution in [0.2, 0.25) is 0 Å². The van der Waals surface area contributed by atoms with Gasteiger partial charge in [-0.1, -0.05) is 6.92 Å². The van der Waals surface area contributed by atoms with Crippen molar-refractivity contribution in [1.29, 1.82) is 0 Å². The minimum absolute atomic E-state index is 0.00166. The maximum atomic E-state index is 11.6. The van der Waals surface area contributed by atoms with Crippen molar-refractivity contribution >= 4 is 59.2 Å². The fraction of sp³-hybridized carbons (Fsp3) is 0.440. The third-order valence-electron chi connectivity index (χ3n) is 6.18. The smallest absolute Gasteiger partial charge is 0.330 e. The molecule has 0 N–H and O–H groups in total. The van der Waals surface area contributed by atoms with E-state index in [1.807, 2.05) is 0 Å². The first kappa shape index (κ1) is 30.5. The van der Waals surface area contributed by atoms with E-state index in [4.69, 9.17) is 4.84 Å². The molecule has 16 heteroatoms. The van der Waals surface area contributed by atoms with Crippen molar-refractivity contribution in [1.82, 2.24) is 19.9 Å². The molecule has 0 bridgehead atoms. The molecule has 4 aliphatic heterocycles. The summed E-state index contributed by atoms with van der Waals surface area (Å²) in [5.74, 6) is -6.42. The number of carbonyl (C=O) groups excluding carboxylic acids is 10. The summed E-state index contributed by atoms with van der Waals surface area (Å²) in [6.07, 6.45) is 1.82. The first-order valence-electron chi connectivity index (χ1n) is 12.4. The van der Waals surface area contributed by atoms with Crippen LogP contribution in [0.25, 0.3) is 0 Å². The maximum absolute atomic E-state index is 11.6. The van der Waals surface area contributed by atoms with Crippen LogP contribution in [0.1, 0.15) is 52.9 Å². The first-order valence-corrected chi connectivity index (χ1v) is 12.4. The van der Waals surface area contributed by atoms with Gasteiger partial charge in [-0.05, 0) is 13.8 Å². The average Bonchev–Trinajstić information content (AvgIpc) is 3.52. The van der Waals surface area contributed by atoms with E-state index >= 15 is 0 Å². The van der Waals surface area contributed by atoms with Crippen molar-refractivity contribution in [3.8, 4) is 0 Å². The molecule has 1 unspecified atom stereocenters. The van der Waals surface area contributed by atoms with Crippen molar-refractivity contribution in [3.63, 3.8) is 0 Å². The molecular formula is C25H26N4O12. The standard InChI is InChI=1S/C13H14N2O6.C12H12N2O6/c1-7-5-9(16)14(12(7)19)4-3-11(18)21-15-10(17)6-8(2)13(15)20;1-7-6-10(17)13(12(7)19)5-4-11(18)20-14-8(15)2-3-9(14)16/h5,8H,3-4,6H2,1-2H3;6H,2-5H2,1H3. The van der Waals surface area contributed by atoms with Gasteiger partial charge in [-0.3, -0.25) is 48.2 Å². The predicted molar refractivity (Wildman–Crippen MR) is 129 cm³/mol. The van der Waals surface area contributed by atoms with Gasteiger partial charge in [-0.2, -0.15) is 0 Å². The zero-order chi connectivity index (χ0) is 30.6. The van der Waals surface area contributed by atoms with Crippen LogP contribution < -0.4 is 0 Å². The molecule has 41 heavy (non-hydrogen) atoms. The quantitative estimate of drug-likeness (QED) is 0.315. The average molecular weight is 574 g/mol. The van der Waals surface area contributed by atoms with Gasteiger partial charge < -0.3 is 9.68 Å². The molecule has 16 nitrogen and oxygen atoms in total. The number of hydrogen-bond donors (Lipinski definition) is 0. The van der Waals surface area contributed by atoms with Crippen molar-refractivity contribution in [2.45, 2.75) is 52.9 Å². The SMILES string of the molecule is CC1=CC(=O)N(CCC(=O)ON2C(=O)CC(C)C2=O)C1=O.CC1=CC(=O)N(CCC(=O)ON2C(=O)CCC2=O)C1=O. The third-order valence-corrected chi connectivity index (χ3v) is 6.18. The Balaban J connectivity index is 0.000000226. The molecular weight excluding hydrogens is 548 g/mol. The van der Waals surface area contributed by atoms with Gasteiger partial charge in [0.15, 0.2) is 0 Å². The Hall–Kier alpha value is -5.02. The summed E-state index contributed by atoms with van der Waals surface area (Å²) < 4.78 is 0. The van der Waals surface area contributed by atoms with Gasteiger partial charge in [-0.25, -0.2) is 9.59 Å². The third kappa shape index (κ3) is 6.95. The van der Waals surface area contributed by atoms with E-state index in [2.05, 4.69) is 4.84 Å². The van der Waals surface area contributed by atoms with Gasteiger partial charge in [0, 0.05) is 61.6 Å². The van der Waals surface area contributed by atoms with Crippen LogP contribution in [0.3, 0.4) is 0 Å². The molecule has 2 saturated heterocycles. The second-order valence-electron chi connectivity index (χ2n) is 9.38. The lowest BCUT2D eigenvalue weighted by Crippen LogP contribution is -2.36. The van der Waals surface area contributed by atoms with Crippen LogP contribution in [0.15, 0.2) is 23.3 Å². The maximum Gasteiger partial charge on any atom is 0.335 e. The molecule has 1 atom stereocenters. The molecule has 4 rings (SSSR count). The molecule has 0 spiro atoms. The van der Waals surface area contributed by atoms with Gasteiger partial charge in [-0.15, -0.1) is 10.1 Å². The first-order chi connectivity index (χ1) is 19.2. The van der Waals surface area contributed by atoms with Crippen molar-refractivity contribution in [2.24, 2.45) is 5.92 Å². The monoisotopic (exact) mass is 574 g/mol. The molecule has 0 aromatic heterocycles. The Morgan fingerprint density at radius 2 is 1.12 bits per heavy atom. The van der Waals surface area contributed by atoms with Gasteiger partial charge in [0.2, 0.25) is 0 Å². The summed E-state index contributed by atoms with van der Waals surface area (Å²) in [5, 5.41) is 0.879. The molecule has 4 aliphatic rings. The number of nitrogens with zero attached hydrogens (tertiary/aromatic N) is 4.